The number of esters is 1. The standard InChI is InChI=1S/C17H23N5O4S3/c1-5-22(6-2)14(24)12-9(4)11(15(25)26-7-3)13(28-12)19-10(23)8-27-17-21-20-16(18)29-17/h5-8H2,1-4H3,(H2,18,20)(H,19,23). The Bertz CT molecular complexity index is 892. The molecule has 29 heavy (non-hydrogen) atoms. The molecular formula is C17H23N5O4S3. The van der Waals surface area contributed by atoms with E-state index in [4.69, 9.17) is 10.5 Å². The van der Waals surface area contributed by atoms with Crippen LogP contribution in [0.15, 0.2) is 4.34 Å². The number of carbonyl (C=O) groups excluding carboxylic acids is 3. The maximum atomic E-state index is 12.8. The van der Waals surface area contributed by atoms with Crippen molar-refractivity contribution in [1.29, 1.82) is 0 Å². The van der Waals surface area contributed by atoms with Crippen molar-refractivity contribution in [2.75, 3.05) is 36.5 Å². The molecule has 2 aromatic rings. The van der Waals surface area contributed by atoms with Crippen LogP contribution in [0.1, 0.15) is 46.4 Å². The van der Waals surface area contributed by atoms with Crippen molar-refractivity contribution in [3.63, 3.8) is 0 Å². The van der Waals surface area contributed by atoms with E-state index in [-0.39, 0.29) is 29.7 Å². The minimum Gasteiger partial charge on any atom is -0.462 e. The number of nitrogens with one attached hydrogen (secondary N) is 1. The van der Waals surface area contributed by atoms with Gasteiger partial charge in [-0.2, -0.15) is 0 Å². The first kappa shape index (κ1) is 23.1. The first-order valence-electron chi connectivity index (χ1n) is 8.93. The molecule has 12 heteroatoms. The maximum Gasteiger partial charge on any atom is 0.341 e. The molecule has 0 saturated carbocycles. The van der Waals surface area contributed by atoms with Crippen LogP contribution in [0.4, 0.5) is 10.1 Å². The zero-order valence-electron chi connectivity index (χ0n) is 16.6. The summed E-state index contributed by atoms with van der Waals surface area (Å²) in [6, 6.07) is 0. The lowest BCUT2D eigenvalue weighted by molar-refractivity contribution is -0.113. The van der Waals surface area contributed by atoms with Crippen LogP contribution in [0.5, 0.6) is 0 Å². The number of aromatic nitrogens is 2. The van der Waals surface area contributed by atoms with E-state index in [1.165, 1.54) is 23.1 Å². The van der Waals surface area contributed by atoms with Crippen molar-refractivity contribution in [2.45, 2.75) is 32.0 Å². The fourth-order valence-corrected chi connectivity index (χ4v) is 5.09. The normalized spacial score (nSPS) is 10.6. The smallest absolute Gasteiger partial charge is 0.341 e. The van der Waals surface area contributed by atoms with Crippen LogP contribution in [0.3, 0.4) is 0 Å². The quantitative estimate of drug-likeness (QED) is 0.435. The van der Waals surface area contributed by atoms with Gasteiger partial charge in [-0.05, 0) is 33.3 Å². The first-order chi connectivity index (χ1) is 13.8. The van der Waals surface area contributed by atoms with E-state index < -0.39 is 5.97 Å². The molecule has 0 fully saturated rings. The molecule has 0 atom stereocenters. The van der Waals surface area contributed by atoms with E-state index >= 15 is 0 Å². The van der Waals surface area contributed by atoms with Crippen molar-refractivity contribution >= 4 is 62.4 Å². The highest BCUT2D eigenvalue weighted by Gasteiger charge is 2.28. The second kappa shape index (κ2) is 10.6. The highest BCUT2D eigenvalue weighted by molar-refractivity contribution is 8.01. The van der Waals surface area contributed by atoms with Crippen LogP contribution in [0.25, 0.3) is 0 Å². The molecule has 3 N–H and O–H groups in total. The van der Waals surface area contributed by atoms with Gasteiger partial charge in [-0.3, -0.25) is 9.59 Å². The Hall–Kier alpha value is -2.18. The van der Waals surface area contributed by atoms with E-state index in [0.29, 0.717) is 38.0 Å². The van der Waals surface area contributed by atoms with E-state index in [0.717, 1.165) is 11.3 Å². The van der Waals surface area contributed by atoms with Gasteiger partial charge in [0.1, 0.15) is 5.00 Å². The number of anilines is 2. The highest BCUT2D eigenvalue weighted by Crippen LogP contribution is 2.35. The molecule has 0 aliphatic rings. The number of nitrogen functional groups attached to an aromatic ring is 1. The Labute approximate surface area is 181 Å². The van der Waals surface area contributed by atoms with Gasteiger partial charge in [0, 0.05) is 13.1 Å². The summed E-state index contributed by atoms with van der Waals surface area (Å²) in [6.07, 6.45) is 0. The van der Waals surface area contributed by atoms with Crippen molar-refractivity contribution in [1.82, 2.24) is 15.1 Å². The fourth-order valence-electron chi connectivity index (χ4n) is 2.48. The number of carbonyl (C=O) groups is 3. The lowest BCUT2D eigenvalue weighted by Gasteiger charge is -2.18. The van der Waals surface area contributed by atoms with Crippen molar-refractivity contribution in [3.05, 3.63) is 16.0 Å². The number of hydrogen-bond donors (Lipinski definition) is 2. The summed E-state index contributed by atoms with van der Waals surface area (Å²) < 4.78 is 5.70. The summed E-state index contributed by atoms with van der Waals surface area (Å²) in [5.74, 6) is -1.02. The third kappa shape index (κ3) is 5.67. The van der Waals surface area contributed by atoms with Gasteiger partial charge in [-0.1, -0.05) is 23.1 Å². The number of hydrogen-bond acceptors (Lipinski definition) is 10. The van der Waals surface area contributed by atoms with Gasteiger partial charge in [0.2, 0.25) is 11.0 Å². The van der Waals surface area contributed by atoms with Gasteiger partial charge in [-0.25, -0.2) is 4.79 Å². The Morgan fingerprint density at radius 3 is 2.41 bits per heavy atom. The highest BCUT2D eigenvalue weighted by atomic mass is 32.2. The topological polar surface area (TPSA) is 128 Å². The lowest BCUT2D eigenvalue weighted by Crippen LogP contribution is -2.30. The summed E-state index contributed by atoms with van der Waals surface area (Å²) in [7, 11) is 0. The van der Waals surface area contributed by atoms with Crippen LogP contribution in [-0.2, 0) is 9.53 Å². The molecule has 0 spiro atoms. The second-order valence-corrected chi connectivity index (χ2v) is 8.95. The summed E-state index contributed by atoms with van der Waals surface area (Å²) in [6.45, 7) is 8.44. The van der Waals surface area contributed by atoms with Gasteiger partial charge in [0.05, 0.1) is 22.8 Å². The Balaban J connectivity index is 2.25. The van der Waals surface area contributed by atoms with Gasteiger partial charge in [-0.15, -0.1) is 21.5 Å². The molecule has 9 nitrogen and oxygen atoms in total. The van der Waals surface area contributed by atoms with E-state index in [9.17, 15) is 14.4 Å². The van der Waals surface area contributed by atoms with Crippen molar-refractivity contribution in [3.8, 4) is 0 Å². The first-order valence-corrected chi connectivity index (χ1v) is 11.5. The Morgan fingerprint density at radius 2 is 1.86 bits per heavy atom. The van der Waals surface area contributed by atoms with Gasteiger partial charge < -0.3 is 20.7 Å². The second-order valence-electron chi connectivity index (χ2n) is 5.70. The summed E-state index contributed by atoms with van der Waals surface area (Å²) >= 11 is 3.46. The minimum atomic E-state index is -0.570. The molecule has 2 rings (SSSR count). The number of thioether (sulfide) groups is 1. The molecule has 0 radical (unpaired) electrons. The summed E-state index contributed by atoms with van der Waals surface area (Å²) in [5.41, 5.74) is 6.25. The van der Waals surface area contributed by atoms with Crippen LogP contribution in [0.2, 0.25) is 0 Å². The largest absolute Gasteiger partial charge is 0.462 e. The molecule has 0 bridgehead atoms. The van der Waals surface area contributed by atoms with Crippen molar-refractivity contribution in [2.24, 2.45) is 0 Å². The van der Waals surface area contributed by atoms with E-state index in [1.807, 2.05) is 13.8 Å². The number of nitrogens with two attached hydrogens (primary N) is 1. The molecule has 0 aromatic carbocycles. The van der Waals surface area contributed by atoms with Crippen LogP contribution in [0, 0.1) is 6.92 Å². The Morgan fingerprint density at radius 1 is 1.17 bits per heavy atom. The van der Waals surface area contributed by atoms with E-state index in [1.54, 1.807) is 18.7 Å². The summed E-state index contributed by atoms with van der Waals surface area (Å²) in [4.78, 5) is 39.8. The third-order valence-corrected chi connectivity index (χ3v) is 6.95. The third-order valence-electron chi connectivity index (χ3n) is 3.87. The molecular weight excluding hydrogens is 434 g/mol. The number of nitrogens with zero attached hydrogens (tertiary/aromatic N) is 3. The molecule has 2 amide bonds. The summed E-state index contributed by atoms with van der Waals surface area (Å²) in [5, 5.41) is 10.9. The predicted molar refractivity (Wildman–Crippen MR) is 116 cm³/mol. The zero-order chi connectivity index (χ0) is 21.6. The minimum absolute atomic E-state index is 0.0627. The Kier molecular flexibility index (Phi) is 8.41. The number of ether oxygens (including phenoxy) is 1. The van der Waals surface area contributed by atoms with Crippen LogP contribution < -0.4 is 11.1 Å². The molecule has 0 aliphatic heterocycles. The average Bonchev–Trinajstić information content (AvgIpc) is 3.24. The van der Waals surface area contributed by atoms with Gasteiger partial charge in [0.15, 0.2) is 4.34 Å². The van der Waals surface area contributed by atoms with Crippen LogP contribution in [-0.4, -0.2) is 58.3 Å². The number of amides is 2. The lowest BCUT2D eigenvalue weighted by atomic mass is 10.1. The molecule has 2 heterocycles. The monoisotopic (exact) mass is 457 g/mol. The maximum absolute atomic E-state index is 12.8. The van der Waals surface area contributed by atoms with E-state index in [2.05, 4.69) is 15.5 Å². The predicted octanol–water partition coefficient (Wildman–Crippen LogP) is 2.88. The van der Waals surface area contributed by atoms with Crippen LogP contribution >= 0.6 is 34.4 Å². The van der Waals surface area contributed by atoms with Crippen molar-refractivity contribution < 1.29 is 19.1 Å². The fraction of sp³-hybridized carbons (Fsp3) is 0.471. The molecule has 0 saturated heterocycles. The SMILES string of the molecule is CCOC(=O)c1c(NC(=O)CSc2nnc(N)s2)sc(C(=O)N(CC)CC)c1C. The number of thiophene rings is 1. The van der Waals surface area contributed by atoms with Gasteiger partial charge in [0.25, 0.3) is 5.91 Å². The average molecular weight is 458 g/mol. The zero-order valence-corrected chi connectivity index (χ0v) is 19.1. The number of rotatable bonds is 9. The molecule has 158 valence electrons. The molecule has 2 aromatic heterocycles. The molecule has 0 unspecified atom stereocenters. The molecule has 0 aliphatic carbocycles. The van der Waals surface area contributed by atoms with Gasteiger partial charge >= 0.3 is 5.97 Å².